The normalized spacial score (nSPS) is 20.0. The summed E-state index contributed by atoms with van der Waals surface area (Å²) in [5.41, 5.74) is -0.173. The number of aliphatic hydroxyl groups is 1. The van der Waals surface area contributed by atoms with Crippen LogP contribution < -0.4 is 4.74 Å². The second kappa shape index (κ2) is 4.96. The number of phenols is 5. The molecule has 0 saturated heterocycles. The van der Waals surface area contributed by atoms with Gasteiger partial charge in [-0.1, -0.05) is 0 Å². The van der Waals surface area contributed by atoms with Crippen molar-refractivity contribution in [2.75, 3.05) is 0 Å². The maximum Gasteiger partial charge on any atom is 0.212 e. The van der Waals surface area contributed by atoms with Gasteiger partial charge in [0.25, 0.3) is 0 Å². The molecule has 0 aliphatic carbocycles. The van der Waals surface area contributed by atoms with Gasteiger partial charge in [-0.3, -0.25) is 4.79 Å². The minimum absolute atomic E-state index is 0.0104. The Morgan fingerprint density at radius 2 is 1.48 bits per heavy atom. The van der Waals surface area contributed by atoms with Crippen LogP contribution in [-0.4, -0.2) is 42.7 Å². The Morgan fingerprint density at radius 3 is 2.09 bits per heavy atom. The average molecular weight is 320 g/mol. The van der Waals surface area contributed by atoms with Crippen molar-refractivity contribution in [1.82, 2.24) is 0 Å². The molecule has 0 radical (unpaired) electrons. The monoisotopic (exact) mass is 320 g/mol. The summed E-state index contributed by atoms with van der Waals surface area (Å²) in [6.45, 7) is 0. The summed E-state index contributed by atoms with van der Waals surface area (Å²) in [7, 11) is 0. The van der Waals surface area contributed by atoms with E-state index in [9.17, 15) is 35.4 Å². The van der Waals surface area contributed by atoms with E-state index >= 15 is 0 Å². The second-order valence-electron chi connectivity index (χ2n) is 5.10. The number of carbonyl (C=O) groups is 1. The summed E-state index contributed by atoms with van der Waals surface area (Å²) >= 11 is 0. The zero-order valence-corrected chi connectivity index (χ0v) is 11.5. The van der Waals surface area contributed by atoms with Gasteiger partial charge in [-0.2, -0.15) is 0 Å². The lowest BCUT2D eigenvalue weighted by molar-refractivity contribution is -0.0401. The molecule has 8 heteroatoms. The quantitative estimate of drug-likeness (QED) is 0.424. The molecule has 0 spiro atoms. The number of carbonyl (C=O) groups excluding carboxylic acids is 1. The first-order valence-electron chi connectivity index (χ1n) is 6.49. The fourth-order valence-electron chi connectivity index (χ4n) is 2.51. The molecule has 6 N–H and O–H groups in total. The Hall–Kier alpha value is -3.13. The first kappa shape index (κ1) is 14.8. The SMILES string of the molecule is O=C1c2cc(O)cc(O)c2O[C@@H](O)[C@@H]1c1cc(O)c(O)c(O)c1. The van der Waals surface area contributed by atoms with Crippen molar-refractivity contribution in [3.63, 3.8) is 0 Å². The lowest BCUT2D eigenvalue weighted by Crippen LogP contribution is -2.35. The molecule has 3 rings (SSSR count). The topological polar surface area (TPSA) is 148 Å². The van der Waals surface area contributed by atoms with Crippen molar-refractivity contribution < 1.29 is 40.2 Å². The Balaban J connectivity index is 2.13. The summed E-state index contributed by atoms with van der Waals surface area (Å²) in [5.74, 6) is -5.30. The van der Waals surface area contributed by atoms with Crippen molar-refractivity contribution >= 4 is 5.78 Å². The number of fused-ring (bicyclic) bond motifs is 1. The van der Waals surface area contributed by atoms with E-state index in [1.165, 1.54) is 0 Å². The summed E-state index contributed by atoms with van der Waals surface area (Å²) in [5, 5.41) is 57.7. The van der Waals surface area contributed by atoms with Crippen molar-refractivity contribution in [2.24, 2.45) is 0 Å². The maximum atomic E-state index is 12.6. The van der Waals surface area contributed by atoms with Crippen LogP contribution in [0.4, 0.5) is 0 Å². The lowest BCUT2D eigenvalue weighted by atomic mass is 9.87. The average Bonchev–Trinajstić information content (AvgIpc) is 2.46. The Bertz CT molecular complexity index is 790. The molecule has 2 atom stereocenters. The lowest BCUT2D eigenvalue weighted by Gasteiger charge is -2.29. The Kier molecular flexibility index (Phi) is 3.19. The molecule has 0 bridgehead atoms. The molecular weight excluding hydrogens is 308 g/mol. The minimum Gasteiger partial charge on any atom is -0.508 e. The third-order valence-corrected chi connectivity index (χ3v) is 3.58. The van der Waals surface area contributed by atoms with Gasteiger partial charge in [0.15, 0.2) is 34.5 Å². The minimum atomic E-state index is -1.70. The van der Waals surface area contributed by atoms with Gasteiger partial charge < -0.3 is 35.4 Å². The van der Waals surface area contributed by atoms with Gasteiger partial charge in [0, 0.05) is 6.07 Å². The third kappa shape index (κ3) is 2.25. The molecule has 0 fully saturated rings. The van der Waals surface area contributed by atoms with Gasteiger partial charge in [0.1, 0.15) is 11.7 Å². The number of ether oxygens (including phenoxy) is 1. The Labute approximate surface area is 129 Å². The number of hydrogen-bond donors (Lipinski definition) is 6. The van der Waals surface area contributed by atoms with Crippen LogP contribution >= 0.6 is 0 Å². The fraction of sp³-hybridized carbons (Fsp3) is 0.133. The molecule has 120 valence electrons. The fourth-order valence-corrected chi connectivity index (χ4v) is 2.51. The molecule has 1 aliphatic rings. The summed E-state index contributed by atoms with van der Waals surface area (Å²) < 4.78 is 5.11. The van der Waals surface area contributed by atoms with E-state index in [1.54, 1.807) is 0 Å². The molecule has 0 unspecified atom stereocenters. The van der Waals surface area contributed by atoms with Crippen molar-refractivity contribution in [1.29, 1.82) is 0 Å². The van der Waals surface area contributed by atoms with Crippen LogP contribution in [-0.2, 0) is 0 Å². The number of hydrogen-bond acceptors (Lipinski definition) is 8. The van der Waals surface area contributed by atoms with Crippen LogP contribution in [0.5, 0.6) is 34.5 Å². The number of ketones is 1. The molecule has 1 aliphatic heterocycles. The van der Waals surface area contributed by atoms with E-state index < -0.39 is 41.0 Å². The van der Waals surface area contributed by atoms with Gasteiger partial charge >= 0.3 is 0 Å². The highest BCUT2D eigenvalue weighted by atomic mass is 16.6. The first-order chi connectivity index (χ1) is 10.8. The smallest absolute Gasteiger partial charge is 0.212 e. The molecule has 1 heterocycles. The van der Waals surface area contributed by atoms with Gasteiger partial charge in [0.05, 0.1) is 5.56 Å². The van der Waals surface area contributed by atoms with Gasteiger partial charge in [0.2, 0.25) is 6.29 Å². The first-order valence-corrected chi connectivity index (χ1v) is 6.49. The molecule has 8 nitrogen and oxygen atoms in total. The van der Waals surface area contributed by atoms with Crippen LogP contribution in [0, 0.1) is 0 Å². The van der Waals surface area contributed by atoms with Gasteiger partial charge in [-0.25, -0.2) is 0 Å². The molecule has 2 aromatic carbocycles. The summed E-state index contributed by atoms with van der Waals surface area (Å²) in [6, 6.07) is 4.02. The number of rotatable bonds is 1. The molecular formula is C15H12O8. The standard InChI is InChI=1S/C15H12O8/c16-6-3-7-12(20)11(15(22)23-14(7)10(19)4-6)5-1-8(17)13(21)9(18)2-5/h1-4,11,15-19,21-22H/t11-,15-/m1/s1. The molecule has 0 saturated carbocycles. The van der Waals surface area contributed by atoms with Crippen molar-refractivity contribution in [3.8, 4) is 34.5 Å². The van der Waals surface area contributed by atoms with Crippen LogP contribution in [0.3, 0.4) is 0 Å². The van der Waals surface area contributed by atoms with E-state index in [0.717, 1.165) is 24.3 Å². The van der Waals surface area contributed by atoms with E-state index in [1.807, 2.05) is 0 Å². The molecule has 0 aromatic heterocycles. The third-order valence-electron chi connectivity index (χ3n) is 3.58. The van der Waals surface area contributed by atoms with Crippen LogP contribution in [0.2, 0.25) is 0 Å². The van der Waals surface area contributed by atoms with Gasteiger partial charge in [-0.05, 0) is 23.8 Å². The zero-order valence-electron chi connectivity index (χ0n) is 11.5. The number of phenolic OH excluding ortho intramolecular Hbond substituents is 5. The highest BCUT2D eigenvalue weighted by Gasteiger charge is 2.39. The number of aliphatic hydroxyl groups excluding tert-OH is 1. The molecule has 2 aromatic rings. The Morgan fingerprint density at radius 1 is 0.870 bits per heavy atom. The molecule has 23 heavy (non-hydrogen) atoms. The number of aromatic hydroxyl groups is 5. The predicted octanol–water partition coefficient (Wildman–Crippen LogP) is 0.892. The van der Waals surface area contributed by atoms with Crippen LogP contribution in [0.25, 0.3) is 0 Å². The van der Waals surface area contributed by atoms with E-state index in [0.29, 0.717) is 0 Å². The largest absolute Gasteiger partial charge is 0.508 e. The van der Waals surface area contributed by atoms with E-state index in [-0.39, 0.29) is 22.6 Å². The van der Waals surface area contributed by atoms with E-state index in [4.69, 9.17) is 4.74 Å². The summed E-state index contributed by atoms with van der Waals surface area (Å²) in [4.78, 5) is 12.6. The van der Waals surface area contributed by atoms with Crippen LogP contribution in [0.1, 0.15) is 21.8 Å². The van der Waals surface area contributed by atoms with Crippen molar-refractivity contribution in [3.05, 3.63) is 35.4 Å². The van der Waals surface area contributed by atoms with Crippen molar-refractivity contribution in [2.45, 2.75) is 12.2 Å². The van der Waals surface area contributed by atoms with Crippen LogP contribution in [0.15, 0.2) is 24.3 Å². The van der Waals surface area contributed by atoms with E-state index in [2.05, 4.69) is 0 Å². The highest BCUT2D eigenvalue weighted by Crippen LogP contribution is 2.45. The van der Waals surface area contributed by atoms with Gasteiger partial charge in [-0.15, -0.1) is 0 Å². The number of benzene rings is 2. The highest BCUT2D eigenvalue weighted by molar-refractivity contribution is 6.05. The molecule has 0 amide bonds. The zero-order chi connectivity index (χ0) is 16.9. The summed E-state index contributed by atoms with van der Waals surface area (Å²) in [6.07, 6.45) is -1.70. The second-order valence-corrected chi connectivity index (χ2v) is 5.10. The number of Topliss-reactive ketones (excluding diaryl/α,β-unsaturated/α-hetero) is 1. The maximum absolute atomic E-state index is 12.6. The predicted molar refractivity (Wildman–Crippen MR) is 74.9 cm³/mol.